The normalized spacial score (nSPS) is 16.8. The third-order valence-electron chi connectivity index (χ3n) is 5.00. The maximum absolute atomic E-state index is 12.9. The first-order valence-corrected chi connectivity index (χ1v) is 9.12. The number of morpholine rings is 1. The van der Waals surface area contributed by atoms with Crippen molar-refractivity contribution < 1.29 is 13.9 Å². The van der Waals surface area contributed by atoms with E-state index in [1.807, 2.05) is 0 Å². The molecule has 1 unspecified atom stereocenters. The van der Waals surface area contributed by atoms with E-state index in [0.29, 0.717) is 23.5 Å². The number of nitrogens with zero attached hydrogens (tertiary/aromatic N) is 4. The average molecular weight is 373 g/mol. The number of nitrogens with one attached hydrogen (secondary N) is 1. The molecule has 0 bridgehead atoms. The van der Waals surface area contributed by atoms with Gasteiger partial charge in [-0.15, -0.1) is 0 Å². The van der Waals surface area contributed by atoms with Crippen molar-refractivity contribution in [2.24, 2.45) is 0 Å². The van der Waals surface area contributed by atoms with Crippen LogP contribution in [0.2, 0.25) is 0 Å². The van der Waals surface area contributed by atoms with Crippen LogP contribution in [0.25, 0.3) is 16.6 Å². The predicted octanol–water partition coefficient (Wildman–Crippen LogP) is 0.560. The standard InChI is InChI=1S/C18H23N5O4/c1-12(17(24)19-4-5-21-6-9-26-10-7-21)23-18(25)15-11-16-14(3-8-27-16)22(15)13(2)20-23/h3,8,11-12H,4-7,9-10H2,1-2H3,(H,19,24). The Labute approximate surface area is 155 Å². The molecule has 1 aliphatic rings. The molecule has 0 spiro atoms. The van der Waals surface area contributed by atoms with E-state index in [1.54, 1.807) is 36.6 Å². The molecule has 0 saturated carbocycles. The van der Waals surface area contributed by atoms with Gasteiger partial charge in [-0.3, -0.25) is 18.9 Å². The lowest BCUT2D eigenvalue weighted by Crippen LogP contribution is -2.43. The van der Waals surface area contributed by atoms with Crippen LogP contribution in [-0.4, -0.2) is 64.4 Å². The second kappa shape index (κ2) is 7.16. The Balaban J connectivity index is 1.51. The number of fused-ring (bicyclic) bond motifs is 3. The number of rotatable bonds is 5. The lowest BCUT2D eigenvalue weighted by atomic mass is 10.3. The van der Waals surface area contributed by atoms with E-state index in [4.69, 9.17) is 9.15 Å². The van der Waals surface area contributed by atoms with Gasteiger partial charge < -0.3 is 14.5 Å². The van der Waals surface area contributed by atoms with E-state index >= 15 is 0 Å². The molecule has 0 aliphatic carbocycles. The van der Waals surface area contributed by atoms with E-state index in [9.17, 15) is 9.59 Å². The predicted molar refractivity (Wildman–Crippen MR) is 98.9 cm³/mol. The molecule has 9 nitrogen and oxygen atoms in total. The highest BCUT2D eigenvalue weighted by Gasteiger charge is 2.21. The molecule has 3 aromatic heterocycles. The molecule has 1 amide bonds. The van der Waals surface area contributed by atoms with Crippen LogP contribution in [0.5, 0.6) is 0 Å². The molecule has 3 aromatic rings. The molecule has 4 rings (SSSR count). The Morgan fingerprint density at radius 1 is 1.33 bits per heavy atom. The quantitative estimate of drug-likeness (QED) is 0.702. The molecule has 4 heterocycles. The van der Waals surface area contributed by atoms with Gasteiger partial charge in [0, 0.05) is 38.3 Å². The largest absolute Gasteiger partial charge is 0.463 e. The Bertz CT molecular complexity index is 1030. The zero-order valence-electron chi connectivity index (χ0n) is 15.5. The Morgan fingerprint density at radius 2 is 2.11 bits per heavy atom. The fourth-order valence-electron chi connectivity index (χ4n) is 3.48. The highest BCUT2D eigenvalue weighted by atomic mass is 16.5. The summed E-state index contributed by atoms with van der Waals surface area (Å²) in [6.45, 7) is 7.97. The molecule has 1 aliphatic heterocycles. The molecule has 27 heavy (non-hydrogen) atoms. The summed E-state index contributed by atoms with van der Waals surface area (Å²) in [4.78, 5) is 27.6. The lowest BCUT2D eigenvalue weighted by molar-refractivity contribution is -0.124. The van der Waals surface area contributed by atoms with Gasteiger partial charge in [-0.25, -0.2) is 4.68 Å². The molecule has 0 radical (unpaired) electrons. The van der Waals surface area contributed by atoms with Crippen molar-refractivity contribution in [3.63, 3.8) is 0 Å². The average Bonchev–Trinajstić information content (AvgIpc) is 3.26. The zero-order valence-corrected chi connectivity index (χ0v) is 15.5. The number of hydrogen-bond donors (Lipinski definition) is 1. The maximum atomic E-state index is 12.9. The fourth-order valence-corrected chi connectivity index (χ4v) is 3.48. The number of furan rings is 1. The second-order valence-electron chi connectivity index (χ2n) is 6.75. The Morgan fingerprint density at radius 3 is 2.89 bits per heavy atom. The second-order valence-corrected chi connectivity index (χ2v) is 6.75. The third-order valence-corrected chi connectivity index (χ3v) is 5.00. The van der Waals surface area contributed by atoms with Crippen LogP contribution in [-0.2, 0) is 9.53 Å². The molecular formula is C18H23N5O4. The van der Waals surface area contributed by atoms with Gasteiger partial charge in [-0.1, -0.05) is 0 Å². The molecule has 1 atom stereocenters. The summed E-state index contributed by atoms with van der Waals surface area (Å²) in [5.41, 5.74) is 1.55. The van der Waals surface area contributed by atoms with Gasteiger partial charge in [0.05, 0.1) is 25.0 Å². The van der Waals surface area contributed by atoms with Gasteiger partial charge in [0.25, 0.3) is 5.56 Å². The summed E-state index contributed by atoms with van der Waals surface area (Å²) < 4.78 is 13.7. The monoisotopic (exact) mass is 373 g/mol. The van der Waals surface area contributed by atoms with E-state index in [-0.39, 0.29) is 11.5 Å². The number of amides is 1. The van der Waals surface area contributed by atoms with Crippen molar-refractivity contribution in [1.82, 2.24) is 24.4 Å². The summed E-state index contributed by atoms with van der Waals surface area (Å²) in [5.74, 6) is 0.394. The van der Waals surface area contributed by atoms with Crippen LogP contribution in [0.15, 0.2) is 27.6 Å². The van der Waals surface area contributed by atoms with Gasteiger partial charge in [-0.05, 0) is 13.8 Å². The van der Waals surface area contributed by atoms with Crippen molar-refractivity contribution in [1.29, 1.82) is 0 Å². The first kappa shape index (κ1) is 17.7. The van der Waals surface area contributed by atoms with E-state index < -0.39 is 6.04 Å². The number of ether oxygens (including phenoxy) is 1. The van der Waals surface area contributed by atoms with E-state index in [0.717, 1.165) is 38.4 Å². The van der Waals surface area contributed by atoms with Crippen molar-refractivity contribution >= 4 is 22.5 Å². The van der Waals surface area contributed by atoms with Gasteiger partial charge in [0.1, 0.15) is 17.4 Å². The minimum Gasteiger partial charge on any atom is -0.463 e. The van der Waals surface area contributed by atoms with Crippen molar-refractivity contribution in [3.05, 3.63) is 34.6 Å². The summed E-state index contributed by atoms with van der Waals surface area (Å²) >= 11 is 0. The number of hydrogen-bond acceptors (Lipinski definition) is 6. The fraction of sp³-hybridized carbons (Fsp3) is 0.500. The molecule has 1 N–H and O–H groups in total. The van der Waals surface area contributed by atoms with Crippen LogP contribution in [0.3, 0.4) is 0 Å². The minimum atomic E-state index is -0.702. The number of carbonyl (C=O) groups excluding carboxylic acids is 1. The van der Waals surface area contributed by atoms with E-state index in [1.165, 1.54) is 4.68 Å². The molecule has 144 valence electrons. The summed E-state index contributed by atoms with van der Waals surface area (Å²) in [7, 11) is 0. The lowest BCUT2D eigenvalue weighted by Gasteiger charge is -2.26. The van der Waals surface area contributed by atoms with Gasteiger partial charge >= 0.3 is 0 Å². The smallest absolute Gasteiger partial charge is 0.291 e. The zero-order chi connectivity index (χ0) is 19.0. The van der Waals surface area contributed by atoms with Crippen LogP contribution in [0.4, 0.5) is 0 Å². The third kappa shape index (κ3) is 3.24. The molecule has 9 heteroatoms. The highest BCUT2D eigenvalue weighted by Crippen LogP contribution is 2.20. The van der Waals surface area contributed by atoms with Crippen LogP contribution in [0, 0.1) is 6.92 Å². The first-order chi connectivity index (χ1) is 13.1. The van der Waals surface area contributed by atoms with E-state index in [2.05, 4.69) is 15.3 Å². The molecule has 1 fully saturated rings. The summed E-state index contributed by atoms with van der Waals surface area (Å²) in [5, 5.41) is 7.26. The molecule has 1 saturated heterocycles. The van der Waals surface area contributed by atoms with Gasteiger partial charge in [0.2, 0.25) is 5.91 Å². The Hall–Kier alpha value is -2.65. The van der Waals surface area contributed by atoms with Crippen LogP contribution in [0.1, 0.15) is 18.8 Å². The number of aromatic nitrogens is 3. The van der Waals surface area contributed by atoms with Crippen LogP contribution < -0.4 is 10.9 Å². The Kier molecular flexibility index (Phi) is 4.71. The van der Waals surface area contributed by atoms with Crippen molar-refractivity contribution in [2.75, 3.05) is 39.4 Å². The SMILES string of the molecule is Cc1nn(C(C)C(=O)NCCN2CCOCC2)c(=O)c2cc3occc3n12. The molecular weight excluding hydrogens is 350 g/mol. The van der Waals surface area contributed by atoms with Gasteiger partial charge in [0.15, 0.2) is 5.58 Å². The van der Waals surface area contributed by atoms with Crippen molar-refractivity contribution in [2.45, 2.75) is 19.9 Å². The number of aryl methyl sites for hydroxylation is 1. The van der Waals surface area contributed by atoms with Gasteiger partial charge in [-0.2, -0.15) is 5.10 Å². The number of carbonyl (C=O) groups is 1. The van der Waals surface area contributed by atoms with Crippen molar-refractivity contribution in [3.8, 4) is 0 Å². The van der Waals surface area contributed by atoms with Crippen LogP contribution >= 0.6 is 0 Å². The minimum absolute atomic E-state index is 0.225. The topological polar surface area (TPSA) is 94.0 Å². The highest BCUT2D eigenvalue weighted by molar-refractivity contribution is 5.83. The summed E-state index contributed by atoms with van der Waals surface area (Å²) in [6.07, 6.45) is 1.58. The maximum Gasteiger partial charge on any atom is 0.291 e. The summed E-state index contributed by atoms with van der Waals surface area (Å²) in [6, 6.07) is 2.78. The molecule has 0 aromatic carbocycles. The first-order valence-electron chi connectivity index (χ1n) is 9.12.